The molecule has 1 aliphatic rings. The molecule has 0 radical (unpaired) electrons. The standard InChI is InChI=1S/C15H23NO2/c1-17-14-8-4-7-13(15(14)18-2)11-16-10-9-12-5-3-6-12/h4,7-8,12,16H,3,5-6,9-11H2,1-2H3. The summed E-state index contributed by atoms with van der Waals surface area (Å²) >= 11 is 0. The van der Waals surface area contributed by atoms with Gasteiger partial charge in [0.1, 0.15) is 0 Å². The Morgan fingerprint density at radius 3 is 2.67 bits per heavy atom. The molecular formula is C15H23NO2. The summed E-state index contributed by atoms with van der Waals surface area (Å²) in [5, 5.41) is 3.49. The number of hydrogen-bond donors (Lipinski definition) is 1. The first-order valence-corrected chi connectivity index (χ1v) is 6.75. The van der Waals surface area contributed by atoms with Gasteiger partial charge in [0.25, 0.3) is 0 Å². The van der Waals surface area contributed by atoms with Crippen molar-refractivity contribution >= 4 is 0 Å². The average molecular weight is 249 g/mol. The van der Waals surface area contributed by atoms with Crippen LogP contribution in [0.4, 0.5) is 0 Å². The summed E-state index contributed by atoms with van der Waals surface area (Å²) in [6, 6.07) is 6.01. The van der Waals surface area contributed by atoms with Crippen LogP contribution in [0.25, 0.3) is 0 Å². The molecule has 1 N–H and O–H groups in total. The van der Waals surface area contributed by atoms with E-state index in [0.29, 0.717) is 0 Å². The Kier molecular flexibility index (Phi) is 4.88. The van der Waals surface area contributed by atoms with E-state index in [9.17, 15) is 0 Å². The van der Waals surface area contributed by atoms with Gasteiger partial charge in [-0.1, -0.05) is 31.4 Å². The van der Waals surface area contributed by atoms with Crippen molar-refractivity contribution in [2.75, 3.05) is 20.8 Å². The van der Waals surface area contributed by atoms with Gasteiger partial charge in [0, 0.05) is 12.1 Å². The third kappa shape index (κ3) is 3.16. The van der Waals surface area contributed by atoms with Gasteiger partial charge in [-0.2, -0.15) is 0 Å². The minimum absolute atomic E-state index is 0.802. The van der Waals surface area contributed by atoms with Crippen molar-refractivity contribution in [3.05, 3.63) is 23.8 Å². The second kappa shape index (κ2) is 6.64. The normalized spacial score (nSPS) is 15.2. The Labute approximate surface area is 109 Å². The van der Waals surface area contributed by atoms with E-state index in [4.69, 9.17) is 9.47 Å². The molecular weight excluding hydrogens is 226 g/mol. The maximum atomic E-state index is 5.41. The number of methoxy groups -OCH3 is 2. The predicted octanol–water partition coefficient (Wildman–Crippen LogP) is 2.98. The summed E-state index contributed by atoms with van der Waals surface area (Å²) in [4.78, 5) is 0. The van der Waals surface area contributed by atoms with Gasteiger partial charge in [-0.05, 0) is 24.9 Å². The van der Waals surface area contributed by atoms with Crippen LogP contribution in [-0.2, 0) is 6.54 Å². The van der Waals surface area contributed by atoms with E-state index in [2.05, 4.69) is 11.4 Å². The second-order valence-electron chi connectivity index (χ2n) is 4.92. The Hall–Kier alpha value is -1.22. The molecule has 0 spiro atoms. The van der Waals surface area contributed by atoms with Crippen molar-refractivity contribution in [3.63, 3.8) is 0 Å². The van der Waals surface area contributed by atoms with Crippen molar-refractivity contribution in [1.82, 2.24) is 5.32 Å². The lowest BCUT2D eigenvalue weighted by Crippen LogP contribution is -2.21. The summed E-state index contributed by atoms with van der Waals surface area (Å²) in [5.41, 5.74) is 1.16. The van der Waals surface area contributed by atoms with E-state index in [0.717, 1.165) is 36.1 Å². The van der Waals surface area contributed by atoms with Gasteiger partial charge in [-0.3, -0.25) is 0 Å². The van der Waals surface area contributed by atoms with Crippen LogP contribution < -0.4 is 14.8 Å². The summed E-state index contributed by atoms with van der Waals surface area (Å²) in [6.45, 7) is 1.93. The number of rotatable bonds is 7. The minimum atomic E-state index is 0.802. The first-order chi connectivity index (χ1) is 8.85. The number of nitrogens with one attached hydrogen (secondary N) is 1. The maximum absolute atomic E-state index is 5.41. The third-order valence-corrected chi connectivity index (χ3v) is 3.75. The maximum Gasteiger partial charge on any atom is 0.165 e. The first-order valence-electron chi connectivity index (χ1n) is 6.75. The molecule has 1 aromatic rings. The molecule has 1 saturated carbocycles. The van der Waals surface area contributed by atoms with Crippen LogP contribution in [0.15, 0.2) is 18.2 Å². The Bertz CT molecular complexity index is 375. The van der Waals surface area contributed by atoms with Gasteiger partial charge in [0.15, 0.2) is 11.5 Å². The monoisotopic (exact) mass is 249 g/mol. The van der Waals surface area contributed by atoms with Gasteiger partial charge >= 0.3 is 0 Å². The fourth-order valence-corrected chi connectivity index (χ4v) is 2.40. The minimum Gasteiger partial charge on any atom is -0.493 e. The van der Waals surface area contributed by atoms with Gasteiger partial charge < -0.3 is 14.8 Å². The molecule has 0 aromatic heterocycles. The lowest BCUT2D eigenvalue weighted by atomic mass is 9.83. The van der Waals surface area contributed by atoms with E-state index >= 15 is 0 Å². The van der Waals surface area contributed by atoms with Crippen LogP contribution in [0.2, 0.25) is 0 Å². The average Bonchev–Trinajstić information content (AvgIpc) is 2.35. The zero-order valence-electron chi connectivity index (χ0n) is 11.4. The topological polar surface area (TPSA) is 30.5 Å². The summed E-state index contributed by atoms with van der Waals surface area (Å²) < 4.78 is 10.7. The van der Waals surface area contributed by atoms with E-state index in [1.165, 1.54) is 25.7 Å². The molecule has 0 aliphatic heterocycles. The van der Waals surface area contributed by atoms with Gasteiger partial charge in [-0.25, -0.2) is 0 Å². The highest BCUT2D eigenvalue weighted by Crippen LogP contribution is 2.31. The molecule has 0 unspecified atom stereocenters. The highest BCUT2D eigenvalue weighted by Gasteiger charge is 2.16. The molecule has 0 amide bonds. The smallest absolute Gasteiger partial charge is 0.165 e. The molecule has 0 saturated heterocycles. The van der Waals surface area contributed by atoms with Crippen molar-refractivity contribution in [3.8, 4) is 11.5 Å². The summed E-state index contributed by atoms with van der Waals surface area (Å²) in [7, 11) is 3.36. The van der Waals surface area contributed by atoms with Crippen LogP contribution in [0.3, 0.4) is 0 Å². The highest BCUT2D eigenvalue weighted by molar-refractivity contribution is 5.46. The van der Waals surface area contributed by atoms with Gasteiger partial charge in [-0.15, -0.1) is 0 Å². The highest BCUT2D eigenvalue weighted by atomic mass is 16.5. The molecule has 100 valence electrons. The SMILES string of the molecule is COc1cccc(CNCCC2CCC2)c1OC. The van der Waals surface area contributed by atoms with Gasteiger partial charge in [0.2, 0.25) is 0 Å². The van der Waals surface area contributed by atoms with Crippen LogP contribution in [0, 0.1) is 5.92 Å². The van der Waals surface area contributed by atoms with Crippen molar-refractivity contribution in [1.29, 1.82) is 0 Å². The number of hydrogen-bond acceptors (Lipinski definition) is 3. The van der Waals surface area contributed by atoms with E-state index in [1.54, 1.807) is 14.2 Å². The van der Waals surface area contributed by atoms with Crippen LogP contribution >= 0.6 is 0 Å². The molecule has 3 heteroatoms. The number of para-hydroxylation sites is 1. The first kappa shape index (κ1) is 13.2. The largest absolute Gasteiger partial charge is 0.493 e. The van der Waals surface area contributed by atoms with Gasteiger partial charge in [0.05, 0.1) is 14.2 Å². The summed E-state index contributed by atoms with van der Waals surface area (Å²) in [5.74, 6) is 2.61. The predicted molar refractivity (Wildman–Crippen MR) is 73.2 cm³/mol. The molecule has 1 aromatic carbocycles. The Morgan fingerprint density at radius 2 is 2.06 bits per heavy atom. The van der Waals surface area contributed by atoms with Crippen molar-refractivity contribution in [2.24, 2.45) is 5.92 Å². The van der Waals surface area contributed by atoms with Crippen LogP contribution in [0.1, 0.15) is 31.2 Å². The van der Waals surface area contributed by atoms with Crippen LogP contribution in [-0.4, -0.2) is 20.8 Å². The van der Waals surface area contributed by atoms with Crippen LogP contribution in [0.5, 0.6) is 11.5 Å². The fourth-order valence-electron chi connectivity index (χ4n) is 2.40. The summed E-state index contributed by atoms with van der Waals surface area (Å²) in [6.07, 6.45) is 5.56. The molecule has 0 atom stereocenters. The van der Waals surface area contributed by atoms with E-state index in [-0.39, 0.29) is 0 Å². The Morgan fingerprint density at radius 1 is 1.22 bits per heavy atom. The molecule has 1 fully saturated rings. The lowest BCUT2D eigenvalue weighted by Gasteiger charge is -2.25. The molecule has 0 heterocycles. The Balaban J connectivity index is 1.83. The molecule has 18 heavy (non-hydrogen) atoms. The molecule has 1 aliphatic carbocycles. The number of benzene rings is 1. The quantitative estimate of drug-likeness (QED) is 0.754. The van der Waals surface area contributed by atoms with Crippen molar-refractivity contribution in [2.45, 2.75) is 32.2 Å². The van der Waals surface area contributed by atoms with Crippen molar-refractivity contribution < 1.29 is 9.47 Å². The third-order valence-electron chi connectivity index (χ3n) is 3.75. The molecule has 3 nitrogen and oxygen atoms in total. The van der Waals surface area contributed by atoms with E-state index in [1.807, 2.05) is 12.1 Å². The molecule has 0 bridgehead atoms. The second-order valence-corrected chi connectivity index (χ2v) is 4.92. The fraction of sp³-hybridized carbons (Fsp3) is 0.600. The zero-order chi connectivity index (χ0) is 12.8. The molecule has 2 rings (SSSR count). The lowest BCUT2D eigenvalue weighted by molar-refractivity contribution is 0.291. The number of ether oxygens (including phenoxy) is 2. The van der Waals surface area contributed by atoms with E-state index < -0.39 is 0 Å². The zero-order valence-corrected chi connectivity index (χ0v) is 11.4.